The maximum Gasteiger partial charge on any atom is 0.251 e. The number of rotatable bonds is 3. The van der Waals surface area contributed by atoms with Crippen LogP contribution in [0, 0.1) is 0 Å². The van der Waals surface area contributed by atoms with E-state index < -0.39 is 0 Å². The molecule has 0 radical (unpaired) electrons. The summed E-state index contributed by atoms with van der Waals surface area (Å²) in [6.45, 7) is 0.475. The molecule has 0 aliphatic rings. The van der Waals surface area contributed by atoms with Crippen LogP contribution in [0.15, 0.2) is 35.4 Å². The SMILES string of the molecule is NCCc1cc(=O)[nH]c(-c2cccnc2)n1. The van der Waals surface area contributed by atoms with E-state index >= 15 is 0 Å². The zero-order valence-electron chi connectivity index (χ0n) is 8.68. The maximum absolute atomic E-state index is 11.4. The standard InChI is InChI=1S/C11H12N4O/c12-4-3-9-6-10(16)15-11(14-9)8-2-1-5-13-7-8/h1-2,5-7H,3-4,12H2,(H,14,15,16). The summed E-state index contributed by atoms with van der Waals surface area (Å²) in [6, 6.07) is 5.11. The maximum atomic E-state index is 11.4. The van der Waals surface area contributed by atoms with Crippen LogP contribution in [0.2, 0.25) is 0 Å². The summed E-state index contributed by atoms with van der Waals surface area (Å²) in [5.41, 5.74) is 6.76. The van der Waals surface area contributed by atoms with Crippen LogP contribution in [0.5, 0.6) is 0 Å². The number of aromatic amines is 1. The van der Waals surface area contributed by atoms with Gasteiger partial charge in [0.25, 0.3) is 5.56 Å². The van der Waals surface area contributed by atoms with Crippen LogP contribution in [-0.2, 0) is 6.42 Å². The number of hydrogen-bond acceptors (Lipinski definition) is 4. The van der Waals surface area contributed by atoms with Crippen LogP contribution >= 0.6 is 0 Å². The summed E-state index contributed by atoms with van der Waals surface area (Å²) < 4.78 is 0. The van der Waals surface area contributed by atoms with E-state index in [1.807, 2.05) is 6.07 Å². The lowest BCUT2D eigenvalue weighted by Gasteiger charge is -2.02. The van der Waals surface area contributed by atoms with Crippen molar-refractivity contribution in [1.29, 1.82) is 0 Å². The molecule has 2 heterocycles. The fourth-order valence-corrected chi connectivity index (χ4v) is 1.42. The molecule has 5 nitrogen and oxygen atoms in total. The molecule has 2 aromatic rings. The smallest absolute Gasteiger partial charge is 0.251 e. The zero-order valence-corrected chi connectivity index (χ0v) is 8.68. The van der Waals surface area contributed by atoms with E-state index in [1.165, 1.54) is 6.07 Å². The van der Waals surface area contributed by atoms with Gasteiger partial charge in [-0.1, -0.05) is 0 Å². The molecule has 0 aliphatic carbocycles. The van der Waals surface area contributed by atoms with Gasteiger partial charge in [0.1, 0.15) is 5.82 Å². The van der Waals surface area contributed by atoms with Crippen molar-refractivity contribution in [1.82, 2.24) is 15.0 Å². The molecule has 0 amide bonds. The van der Waals surface area contributed by atoms with Crippen LogP contribution in [0.4, 0.5) is 0 Å². The quantitative estimate of drug-likeness (QED) is 0.774. The molecule has 0 saturated heterocycles. The van der Waals surface area contributed by atoms with E-state index in [0.717, 1.165) is 5.56 Å². The first-order valence-corrected chi connectivity index (χ1v) is 5.00. The van der Waals surface area contributed by atoms with E-state index in [1.54, 1.807) is 18.5 Å². The van der Waals surface area contributed by atoms with Crippen molar-refractivity contribution in [3.05, 3.63) is 46.6 Å². The Balaban J connectivity index is 2.45. The van der Waals surface area contributed by atoms with Gasteiger partial charge in [-0.3, -0.25) is 9.78 Å². The molecule has 0 unspecified atom stereocenters. The molecule has 0 bridgehead atoms. The predicted molar refractivity (Wildman–Crippen MR) is 60.8 cm³/mol. The van der Waals surface area contributed by atoms with Crippen LogP contribution in [-0.4, -0.2) is 21.5 Å². The second kappa shape index (κ2) is 4.67. The van der Waals surface area contributed by atoms with Crippen molar-refractivity contribution < 1.29 is 0 Å². The van der Waals surface area contributed by atoms with Gasteiger partial charge in [-0.05, 0) is 18.7 Å². The highest BCUT2D eigenvalue weighted by molar-refractivity contribution is 5.52. The molecule has 0 atom stereocenters. The van der Waals surface area contributed by atoms with Crippen molar-refractivity contribution in [3.63, 3.8) is 0 Å². The summed E-state index contributed by atoms with van der Waals surface area (Å²) in [5, 5.41) is 0. The molecule has 0 saturated carbocycles. The van der Waals surface area contributed by atoms with Crippen LogP contribution < -0.4 is 11.3 Å². The predicted octanol–water partition coefficient (Wildman–Crippen LogP) is 0.333. The highest BCUT2D eigenvalue weighted by Gasteiger charge is 2.03. The molecule has 82 valence electrons. The molecule has 2 rings (SSSR count). The Hall–Kier alpha value is -2.01. The van der Waals surface area contributed by atoms with Crippen LogP contribution in [0.3, 0.4) is 0 Å². The third-order valence-corrected chi connectivity index (χ3v) is 2.13. The van der Waals surface area contributed by atoms with E-state index in [-0.39, 0.29) is 5.56 Å². The minimum atomic E-state index is -0.169. The lowest BCUT2D eigenvalue weighted by atomic mass is 10.2. The molecule has 0 spiro atoms. The highest BCUT2D eigenvalue weighted by atomic mass is 16.1. The summed E-state index contributed by atoms with van der Waals surface area (Å²) in [6.07, 6.45) is 3.92. The van der Waals surface area contributed by atoms with Gasteiger partial charge in [0.05, 0.1) is 0 Å². The molecular weight excluding hydrogens is 204 g/mol. The largest absolute Gasteiger partial charge is 0.330 e. The average molecular weight is 216 g/mol. The Labute approximate surface area is 92.4 Å². The average Bonchev–Trinajstić information content (AvgIpc) is 2.30. The first-order valence-electron chi connectivity index (χ1n) is 5.00. The second-order valence-corrected chi connectivity index (χ2v) is 3.37. The van der Waals surface area contributed by atoms with Crippen LogP contribution in [0.1, 0.15) is 5.69 Å². The van der Waals surface area contributed by atoms with Crippen molar-refractivity contribution in [3.8, 4) is 11.4 Å². The Kier molecular flexibility index (Phi) is 3.07. The lowest BCUT2D eigenvalue weighted by molar-refractivity contribution is 0.905. The molecule has 2 aromatic heterocycles. The topological polar surface area (TPSA) is 84.7 Å². The number of aromatic nitrogens is 3. The summed E-state index contributed by atoms with van der Waals surface area (Å²) in [7, 11) is 0. The lowest BCUT2D eigenvalue weighted by Crippen LogP contribution is -2.13. The normalized spacial score (nSPS) is 10.3. The molecule has 5 heteroatoms. The number of pyridine rings is 1. The minimum Gasteiger partial charge on any atom is -0.330 e. The Bertz CT molecular complexity index is 521. The molecule has 0 fully saturated rings. The molecule has 0 aromatic carbocycles. The first kappa shape index (κ1) is 10.5. The fourth-order valence-electron chi connectivity index (χ4n) is 1.42. The second-order valence-electron chi connectivity index (χ2n) is 3.37. The number of H-pyrrole nitrogens is 1. The first-order chi connectivity index (χ1) is 7.79. The molecule has 16 heavy (non-hydrogen) atoms. The summed E-state index contributed by atoms with van der Waals surface area (Å²) in [5.74, 6) is 0.532. The van der Waals surface area contributed by atoms with Crippen molar-refractivity contribution in [2.24, 2.45) is 5.73 Å². The molecule has 0 aliphatic heterocycles. The van der Waals surface area contributed by atoms with Crippen LogP contribution in [0.25, 0.3) is 11.4 Å². The third kappa shape index (κ3) is 2.32. The number of nitrogens with two attached hydrogens (primary N) is 1. The van der Waals surface area contributed by atoms with Crippen molar-refractivity contribution in [2.45, 2.75) is 6.42 Å². The number of hydrogen-bond donors (Lipinski definition) is 2. The zero-order chi connectivity index (χ0) is 11.4. The van der Waals surface area contributed by atoms with Gasteiger partial charge < -0.3 is 10.7 Å². The Morgan fingerprint density at radius 2 is 2.31 bits per heavy atom. The number of nitrogens with zero attached hydrogens (tertiary/aromatic N) is 2. The molecular formula is C11H12N4O. The van der Waals surface area contributed by atoms with E-state index in [2.05, 4.69) is 15.0 Å². The van der Waals surface area contributed by atoms with Crippen molar-refractivity contribution in [2.75, 3.05) is 6.54 Å². The Morgan fingerprint density at radius 1 is 1.44 bits per heavy atom. The monoisotopic (exact) mass is 216 g/mol. The number of nitrogens with one attached hydrogen (secondary N) is 1. The summed E-state index contributed by atoms with van der Waals surface area (Å²) in [4.78, 5) is 22.4. The molecule has 3 N–H and O–H groups in total. The Morgan fingerprint density at radius 3 is 3.00 bits per heavy atom. The van der Waals surface area contributed by atoms with Crippen molar-refractivity contribution >= 4 is 0 Å². The van der Waals surface area contributed by atoms with E-state index in [4.69, 9.17) is 5.73 Å². The van der Waals surface area contributed by atoms with Gasteiger partial charge >= 0.3 is 0 Å². The van der Waals surface area contributed by atoms with Gasteiger partial charge in [0, 0.05) is 36.1 Å². The van der Waals surface area contributed by atoms with Gasteiger partial charge in [-0.2, -0.15) is 0 Å². The fraction of sp³-hybridized carbons (Fsp3) is 0.182. The third-order valence-electron chi connectivity index (χ3n) is 2.13. The van der Waals surface area contributed by atoms with Gasteiger partial charge in [0.2, 0.25) is 0 Å². The summed E-state index contributed by atoms with van der Waals surface area (Å²) >= 11 is 0. The minimum absolute atomic E-state index is 0.169. The van der Waals surface area contributed by atoms with Gasteiger partial charge in [0.15, 0.2) is 0 Å². The van der Waals surface area contributed by atoms with Gasteiger partial charge in [-0.25, -0.2) is 4.98 Å². The van der Waals surface area contributed by atoms with Gasteiger partial charge in [-0.15, -0.1) is 0 Å². The highest BCUT2D eigenvalue weighted by Crippen LogP contribution is 2.10. The van der Waals surface area contributed by atoms with E-state index in [0.29, 0.717) is 24.5 Å². The van der Waals surface area contributed by atoms with E-state index in [9.17, 15) is 4.79 Å².